The summed E-state index contributed by atoms with van der Waals surface area (Å²) in [4.78, 5) is 4.82. The Bertz CT molecular complexity index is 422. The Labute approximate surface area is 122 Å². The molecule has 1 fully saturated rings. The molecule has 1 atom stereocenters. The highest BCUT2D eigenvalue weighted by atomic mass is 15.4. The first-order valence-electron chi connectivity index (χ1n) is 7.37. The SMILES string of the molecule is CN1CCN(C)C(CNCc2cn(C(C)(C)C)nn2)C1. The molecule has 1 saturated heterocycles. The Morgan fingerprint density at radius 2 is 2.05 bits per heavy atom. The average Bonchev–Trinajstić information content (AvgIpc) is 2.82. The van der Waals surface area contributed by atoms with Crippen molar-refractivity contribution in [3.63, 3.8) is 0 Å². The zero-order chi connectivity index (χ0) is 14.8. The van der Waals surface area contributed by atoms with E-state index in [9.17, 15) is 0 Å². The number of likely N-dealkylation sites (N-methyl/N-ethyl adjacent to an activating group) is 2. The lowest BCUT2D eigenvalue weighted by Crippen LogP contribution is -2.53. The highest BCUT2D eigenvalue weighted by molar-refractivity contribution is 4.94. The summed E-state index contributed by atoms with van der Waals surface area (Å²) in [7, 11) is 4.39. The fraction of sp³-hybridized carbons (Fsp3) is 0.857. The Kier molecular flexibility index (Phi) is 4.78. The van der Waals surface area contributed by atoms with Gasteiger partial charge in [-0.05, 0) is 34.9 Å². The van der Waals surface area contributed by atoms with Crippen LogP contribution in [0, 0.1) is 0 Å². The van der Waals surface area contributed by atoms with Crippen molar-refractivity contribution in [3.05, 3.63) is 11.9 Å². The molecule has 1 aromatic heterocycles. The van der Waals surface area contributed by atoms with E-state index in [1.807, 2.05) is 10.9 Å². The Balaban J connectivity index is 1.79. The van der Waals surface area contributed by atoms with Crippen LogP contribution in [-0.2, 0) is 12.1 Å². The van der Waals surface area contributed by atoms with Gasteiger partial charge in [-0.2, -0.15) is 0 Å². The summed E-state index contributed by atoms with van der Waals surface area (Å²) in [5.74, 6) is 0. The summed E-state index contributed by atoms with van der Waals surface area (Å²) >= 11 is 0. The van der Waals surface area contributed by atoms with Gasteiger partial charge in [0.15, 0.2) is 0 Å². The molecule has 6 nitrogen and oxygen atoms in total. The van der Waals surface area contributed by atoms with Gasteiger partial charge >= 0.3 is 0 Å². The lowest BCUT2D eigenvalue weighted by atomic mass is 10.1. The van der Waals surface area contributed by atoms with Gasteiger partial charge in [-0.25, -0.2) is 4.68 Å². The van der Waals surface area contributed by atoms with E-state index in [2.05, 4.69) is 60.3 Å². The van der Waals surface area contributed by atoms with Crippen molar-refractivity contribution < 1.29 is 0 Å². The van der Waals surface area contributed by atoms with Crippen LogP contribution in [0.25, 0.3) is 0 Å². The number of hydrogen-bond donors (Lipinski definition) is 1. The van der Waals surface area contributed by atoms with Crippen molar-refractivity contribution in [2.75, 3.05) is 40.3 Å². The molecule has 0 spiro atoms. The molecule has 0 saturated carbocycles. The fourth-order valence-corrected chi connectivity index (χ4v) is 2.40. The van der Waals surface area contributed by atoms with Gasteiger partial charge in [-0.1, -0.05) is 5.21 Å². The van der Waals surface area contributed by atoms with Gasteiger partial charge in [-0.15, -0.1) is 5.10 Å². The first-order valence-corrected chi connectivity index (χ1v) is 7.37. The van der Waals surface area contributed by atoms with Gasteiger partial charge in [0.25, 0.3) is 0 Å². The standard InChI is InChI=1S/C14H28N6/c1-14(2,3)20-10-12(16-17-20)8-15-9-13-11-18(4)6-7-19(13)5/h10,13,15H,6-9,11H2,1-5H3. The molecule has 20 heavy (non-hydrogen) atoms. The van der Waals surface area contributed by atoms with Gasteiger partial charge in [-0.3, -0.25) is 4.90 Å². The third-order valence-corrected chi connectivity index (χ3v) is 3.89. The number of piperazine rings is 1. The van der Waals surface area contributed by atoms with Gasteiger partial charge in [0.2, 0.25) is 0 Å². The molecule has 2 heterocycles. The number of nitrogens with zero attached hydrogens (tertiary/aromatic N) is 5. The molecular weight excluding hydrogens is 252 g/mol. The number of nitrogens with one attached hydrogen (secondary N) is 1. The van der Waals surface area contributed by atoms with Crippen LogP contribution in [0.4, 0.5) is 0 Å². The normalized spacial score (nSPS) is 22.4. The minimum atomic E-state index is -0.00243. The first-order chi connectivity index (χ1) is 9.36. The van der Waals surface area contributed by atoms with Crippen LogP contribution in [0.5, 0.6) is 0 Å². The van der Waals surface area contributed by atoms with E-state index in [-0.39, 0.29) is 5.54 Å². The molecular formula is C14H28N6. The number of hydrogen-bond acceptors (Lipinski definition) is 5. The maximum absolute atomic E-state index is 4.23. The minimum absolute atomic E-state index is 0.00243. The molecule has 1 aromatic rings. The first kappa shape index (κ1) is 15.4. The summed E-state index contributed by atoms with van der Waals surface area (Å²) in [6.07, 6.45) is 2.03. The summed E-state index contributed by atoms with van der Waals surface area (Å²) in [5, 5.41) is 11.9. The summed E-state index contributed by atoms with van der Waals surface area (Å²) < 4.78 is 1.92. The van der Waals surface area contributed by atoms with E-state index >= 15 is 0 Å². The van der Waals surface area contributed by atoms with Gasteiger partial charge in [0, 0.05) is 38.8 Å². The summed E-state index contributed by atoms with van der Waals surface area (Å²) in [5.41, 5.74) is 1.00. The molecule has 1 N–H and O–H groups in total. The maximum atomic E-state index is 4.23. The zero-order valence-corrected chi connectivity index (χ0v) is 13.4. The van der Waals surface area contributed by atoms with E-state index in [4.69, 9.17) is 0 Å². The van der Waals surface area contributed by atoms with Gasteiger partial charge in [0.05, 0.1) is 17.4 Å². The monoisotopic (exact) mass is 280 g/mol. The lowest BCUT2D eigenvalue weighted by molar-refractivity contribution is 0.113. The molecule has 0 bridgehead atoms. The zero-order valence-electron chi connectivity index (χ0n) is 13.4. The second-order valence-corrected chi connectivity index (χ2v) is 6.85. The van der Waals surface area contributed by atoms with Crippen LogP contribution in [0.1, 0.15) is 26.5 Å². The van der Waals surface area contributed by atoms with E-state index < -0.39 is 0 Å². The highest BCUT2D eigenvalue weighted by Crippen LogP contribution is 2.11. The average molecular weight is 280 g/mol. The second-order valence-electron chi connectivity index (χ2n) is 6.85. The van der Waals surface area contributed by atoms with Gasteiger partial charge < -0.3 is 10.2 Å². The second kappa shape index (κ2) is 6.20. The van der Waals surface area contributed by atoms with Crippen molar-refractivity contribution in [2.24, 2.45) is 0 Å². The third kappa shape index (κ3) is 4.01. The Hall–Kier alpha value is -0.980. The number of rotatable bonds is 4. The topological polar surface area (TPSA) is 49.2 Å². The van der Waals surface area contributed by atoms with Crippen molar-refractivity contribution >= 4 is 0 Å². The lowest BCUT2D eigenvalue weighted by Gasteiger charge is -2.37. The molecule has 2 rings (SSSR count). The van der Waals surface area contributed by atoms with Crippen molar-refractivity contribution in [1.29, 1.82) is 0 Å². The molecule has 0 radical (unpaired) electrons. The largest absolute Gasteiger partial charge is 0.309 e. The van der Waals surface area contributed by atoms with Crippen LogP contribution in [0.2, 0.25) is 0 Å². The van der Waals surface area contributed by atoms with Crippen LogP contribution < -0.4 is 5.32 Å². The predicted octanol–water partition coefficient (Wildman–Crippen LogP) is 0.369. The Morgan fingerprint density at radius 3 is 2.70 bits per heavy atom. The van der Waals surface area contributed by atoms with Crippen LogP contribution in [0.15, 0.2) is 6.20 Å². The molecule has 0 aliphatic carbocycles. The van der Waals surface area contributed by atoms with E-state index in [1.54, 1.807) is 0 Å². The molecule has 1 unspecified atom stereocenters. The summed E-state index contributed by atoms with van der Waals surface area (Å²) in [6.45, 7) is 11.6. The summed E-state index contributed by atoms with van der Waals surface area (Å²) in [6, 6.07) is 0.575. The van der Waals surface area contributed by atoms with Crippen molar-refractivity contribution in [1.82, 2.24) is 30.1 Å². The molecule has 1 aliphatic rings. The fourth-order valence-electron chi connectivity index (χ4n) is 2.40. The van der Waals surface area contributed by atoms with Gasteiger partial charge in [0.1, 0.15) is 0 Å². The smallest absolute Gasteiger partial charge is 0.0965 e. The Morgan fingerprint density at radius 1 is 1.30 bits per heavy atom. The molecule has 0 amide bonds. The van der Waals surface area contributed by atoms with Crippen LogP contribution >= 0.6 is 0 Å². The van der Waals surface area contributed by atoms with E-state index in [0.29, 0.717) is 6.04 Å². The quantitative estimate of drug-likeness (QED) is 0.863. The van der Waals surface area contributed by atoms with E-state index in [1.165, 1.54) is 0 Å². The minimum Gasteiger partial charge on any atom is -0.309 e. The molecule has 114 valence electrons. The van der Waals surface area contributed by atoms with Crippen molar-refractivity contribution in [3.8, 4) is 0 Å². The molecule has 1 aliphatic heterocycles. The highest BCUT2D eigenvalue weighted by Gasteiger charge is 2.21. The van der Waals surface area contributed by atoms with E-state index in [0.717, 1.165) is 38.4 Å². The van der Waals surface area contributed by atoms with Crippen molar-refractivity contribution in [2.45, 2.75) is 38.9 Å². The third-order valence-electron chi connectivity index (χ3n) is 3.89. The maximum Gasteiger partial charge on any atom is 0.0965 e. The number of aromatic nitrogens is 3. The molecule has 6 heteroatoms. The molecule has 0 aromatic carbocycles. The predicted molar refractivity (Wildman–Crippen MR) is 80.6 cm³/mol. The van der Waals surface area contributed by atoms with Crippen LogP contribution in [-0.4, -0.2) is 71.1 Å². The van der Waals surface area contributed by atoms with Crippen LogP contribution in [0.3, 0.4) is 0 Å².